The fourth-order valence-electron chi connectivity index (χ4n) is 2.37. The van der Waals surface area contributed by atoms with Crippen LogP contribution in [0.4, 0.5) is 0 Å². The Labute approximate surface area is 109 Å². The summed E-state index contributed by atoms with van der Waals surface area (Å²) in [6, 6.07) is 10.3. The van der Waals surface area contributed by atoms with Gasteiger partial charge in [-0.05, 0) is 18.5 Å². The smallest absolute Gasteiger partial charge is 0.307 e. The molecular formula is C15H23NO2. The highest BCUT2D eigenvalue weighted by Crippen LogP contribution is 2.18. The molecule has 2 unspecified atom stereocenters. The van der Waals surface area contributed by atoms with Crippen molar-refractivity contribution < 1.29 is 9.90 Å². The van der Waals surface area contributed by atoms with Gasteiger partial charge in [-0.2, -0.15) is 0 Å². The first-order valence-corrected chi connectivity index (χ1v) is 6.60. The lowest BCUT2D eigenvalue weighted by Crippen LogP contribution is -2.41. The minimum atomic E-state index is -0.714. The van der Waals surface area contributed by atoms with Gasteiger partial charge in [0, 0.05) is 12.6 Å². The van der Waals surface area contributed by atoms with E-state index in [4.69, 9.17) is 5.11 Å². The number of aliphatic carboxylic acids is 1. The van der Waals surface area contributed by atoms with Crippen molar-refractivity contribution in [2.24, 2.45) is 5.92 Å². The van der Waals surface area contributed by atoms with E-state index < -0.39 is 5.97 Å². The number of carbonyl (C=O) groups is 1. The van der Waals surface area contributed by atoms with Crippen LogP contribution in [0.15, 0.2) is 30.3 Å². The maximum atomic E-state index is 11.1. The molecule has 0 radical (unpaired) electrons. The number of carboxylic acid groups (broad SMARTS) is 1. The summed E-state index contributed by atoms with van der Waals surface area (Å²) < 4.78 is 0. The van der Waals surface area contributed by atoms with Gasteiger partial charge in [-0.3, -0.25) is 9.69 Å². The minimum absolute atomic E-state index is 0.0905. The van der Waals surface area contributed by atoms with Gasteiger partial charge < -0.3 is 5.11 Å². The second kappa shape index (κ2) is 7.17. The molecule has 0 aliphatic rings. The summed E-state index contributed by atoms with van der Waals surface area (Å²) in [5.41, 5.74) is 1.23. The Morgan fingerprint density at radius 2 is 1.89 bits per heavy atom. The Kier molecular flexibility index (Phi) is 5.86. The third-order valence-electron chi connectivity index (χ3n) is 3.49. The molecule has 0 saturated carbocycles. The molecule has 0 amide bonds. The van der Waals surface area contributed by atoms with Crippen LogP contribution in [-0.4, -0.2) is 28.6 Å². The molecule has 0 aliphatic heterocycles. The summed E-state index contributed by atoms with van der Waals surface area (Å²) in [5.74, 6) is -1.05. The zero-order valence-electron chi connectivity index (χ0n) is 11.5. The Hall–Kier alpha value is -1.35. The molecule has 18 heavy (non-hydrogen) atoms. The van der Waals surface area contributed by atoms with Crippen molar-refractivity contribution in [3.05, 3.63) is 35.9 Å². The minimum Gasteiger partial charge on any atom is -0.481 e. The number of hydrogen-bond donors (Lipinski definition) is 1. The van der Waals surface area contributed by atoms with Crippen LogP contribution in [-0.2, 0) is 11.3 Å². The average molecular weight is 249 g/mol. The van der Waals surface area contributed by atoms with E-state index in [-0.39, 0.29) is 12.0 Å². The number of rotatable bonds is 7. The molecule has 0 spiro atoms. The molecule has 0 bridgehead atoms. The van der Waals surface area contributed by atoms with Crippen LogP contribution in [0.2, 0.25) is 0 Å². The standard InChI is InChI=1S/C15H23NO2/c1-4-14(12(3)15(17)18)16(5-2)11-13-9-7-6-8-10-13/h6-10,12,14H,4-5,11H2,1-3H3,(H,17,18). The van der Waals surface area contributed by atoms with Crippen LogP contribution >= 0.6 is 0 Å². The average Bonchev–Trinajstić information content (AvgIpc) is 2.39. The monoisotopic (exact) mass is 249 g/mol. The van der Waals surface area contributed by atoms with Crippen molar-refractivity contribution in [3.63, 3.8) is 0 Å². The van der Waals surface area contributed by atoms with Gasteiger partial charge in [0.1, 0.15) is 0 Å². The molecule has 2 atom stereocenters. The third-order valence-corrected chi connectivity index (χ3v) is 3.49. The van der Waals surface area contributed by atoms with E-state index in [0.717, 1.165) is 19.5 Å². The molecule has 3 nitrogen and oxygen atoms in total. The lowest BCUT2D eigenvalue weighted by Gasteiger charge is -2.32. The van der Waals surface area contributed by atoms with Crippen LogP contribution in [0.1, 0.15) is 32.8 Å². The Bertz CT molecular complexity index is 364. The van der Waals surface area contributed by atoms with Gasteiger partial charge in [-0.1, -0.05) is 51.1 Å². The molecule has 1 aromatic carbocycles. The summed E-state index contributed by atoms with van der Waals surface area (Å²) in [7, 11) is 0. The van der Waals surface area contributed by atoms with Gasteiger partial charge in [-0.15, -0.1) is 0 Å². The summed E-state index contributed by atoms with van der Waals surface area (Å²) >= 11 is 0. The first kappa shape index (κ1) is 14.7. The van der Waals surface area contributed by atoms with Crippen molar-refractivity contribution in [2.45, 2.75) is 39.8 Å². The summed E-state index contributed by atoms with van der Waals surface area (Å²) in [4.78, 5) is 13.4. The van der Waals surface area contributed by atoms with E-state index in [1.807, 2.05) is 18.2 Å². The second-order valence-corrected chi connectivity index (χ2v) is 4.65. The molecule has 0 aliphatic carbocycles. The topological polar surface area (TPSA) is 40.5 Å². The predicted molar refractivity (Wildman–Crippen MR) is 73.4 cm³/mol. The van der Waals surface area contributed by atoms with E-state index in [1.54, 1.807) is 6.92 Å². The van der Waals surface area contributed by atoms with Crippen LogP contribution in [0.25, 0.3) is 0 Å². The number of nitrogens with zero attached hydrogens (tertiary/aromatic N) is 1. The molecular weight excluding hydrogens is 226 g/mol. The summed E-state index contributed by atoms with van der Waals surface area (Å²) in [5, 5.41) is 9.17. The summed E-state index contributed by atoms with van der Waals surface area (Å²) in [6.45, 7) is 7.61. The van der Waals surface area contributed by atoms with Crippen LogP contribution in [0.3, 0.4) is 0 Å². The maximum Gasteiger partial charge on any atom is 0.307 e. The van der Waals surface area contributed by atoms with Crippen molar-refractivity contribution in [1.82, 2.24) is 4.90 Å². The molecule has 100 valence electrons. The molecule has 0 fully saturated rings. The largest absolute Gasteiger partial charge is 0.481 e. The zero-order valence-corrected chi connectivity index (χ0v) is 11.5. The molecule has 3 heteroatoms. The molecule has 1 N–H and O–H groups in total. The Balaban J connectivity index is 2.77. The van der Waals surface area contributed by atoms with E-state index in [9.17, 15) is 4.79 Å². The number of carboxylic acids is 1. The highest BCUT2D eigenvalue weighted by atomic mass is 16.4. The highest BCUT2D eigenvalue weighted by molar-refractivity contribution is 5.70. The lowest BCUT2D eigenvalue weighted by atomic mass is 9.97. The van der Waals surface area contributed by atoms with E-state index in [0.29, 0.717) is 0 Å². The van der Waals surface area contributed by atoms with Crippen molar-refractivity contribution >= 4 is 5.97 Å². The van der Waals surface area contributed by atoms with Crippen molar-refractivity contribution in [1.29, 1.82) is 0 Å². The van der Waals surface area contributed by atoms with Gasteiger partial charge in [-0.25, -0.2) is 0 Å². The third kappa shape index (κ3) is 3.84. The SMILES string of the molecule is CCC(C(C)C(=O)O)N(CC)Cc1ccccc1. The quantitative estimate of drug-likeness (QED) is 0.807. The Morgan fingerprint density at radius 1 is 1.28 bits per heavy atom. The highest BCUT2D eigenvalue weighted by Gasteiger charge is 2.26. The van der Waals surface area contributed by atoms with Gasteiger partial charge in [0.05, 0.1) is 5.92 Å². The lowest BCUT2D eigenvalue weighted by molar-refractivity contribution is -0.143. The van der Waals surface area contributed by atoms with Crippen molar-refractivity contribution in [3.8, 4) is 0 Å². The van der Waals surface area contributed by atoms with Gasteiger partial charge in [0.2, 0.25) is 0 Å². The zero-order chi connectivity index (χ0) is 13.5. The second-order valence-electron chi connectivity index (χ2n) is 4.65. The van der Waals surface area contributed by atoms with Gasteiger partial charge in [0.25, 0.3) is 0 Å². The van der Waals surface area contributed by atoms with Gasteiger partial charge in [0.15, 0.2) is 0 Å². The molecule has 0 aromatic heterocycles. The first-order valence-electron chi connectivity index (χ1n) is 6.60. The van der Waals surface area contributed by atoms with Crippen LogP contribution in [0, 0.1) is 5.92 Å². The first-order chi connectivity index (χ1) is 8.60. The van der Waals surface area contributed by atoms with E-state index in [2.05, 4.69) is 30.9 Å². The van der Waals surface area contributed by atoms with Crippen LogP contribution in [0.5, 0.6) is 0 Å². The molecule has 0 saturated heterocycles. The molecule has 0 heterocycles. The number of benzene rings is 1. The van der Waals surface area contributed by atoms with E-state index >= 15 is 0 Å². The predicted octanol–water partition coefficient (Wildman–Crippen LogP) is 3.01. The maximum absolute atomic E-state index is 11.1. The fourth-order valence-corrected chi connectivity index (χ4v) is 2.37. The Morgan fingerprint density at radius 3 is 2.33 bits per heavy atom. The van der Waals surface area contributed by atoms with Crippen LogP contribution < -0.4 is 0 Å². The fraction of sp³-hybridized carbons (Fsp3) is 0.533. The van der Waals surface area contributed by atoms with E-state index in [1.165, 1.54) is 5.56 Å². The number of hydrogen-bond acceptors (Lipinski definition) is 2. The molecule has 1 aromatic rings. The summed E-state index contributed by atoms with van der Waals surface area (Å²) in [6.07, 6.45) is 0.855. The normalized spacial score (nSPS) is 14.4. The van der Waals surface area contributed by atoms with Gasteiger partial charge >= 0.3 is 5.97 Å². The molecule has 1 rings (SSSR count). The van der Waals surface area contributed by atoms with Crippen molar-refractivity contribution in [2.75, 3.05) is 6.54 Å².